The molecule has 0 saturated heterocycles. The molecule has 0 saturated carbocycles. The molecule has 0 fully saturated rings. The van der Waals surface area contributed by atoms with E-state index in [4.69, 9.17) is 21.6 Å². The monoisotopic (exact) mass is 523 g/mol. The molecule has 0 unspecified atom stereocenters. The summed E-state index contributed by atoms with van der Waals surface area (Å²) in [5.74, 6) is 0.675. The average Bonchev–Trinajstić information content (AvgIpc) is 2.97. The Morgan fingerprint density at radius 1 is 0.436 bits per heavy atom. The fraction of sp³-hybridized carbons (Fsp3) is 0.0571. The molecule has 0 N–H and O–H groups in total. The van der Waals surface area contributed by atoms with E-state index in [1.807, 2.05) is 68.4 Å². The molecule has 0 bridgehead atoms. The molecule has 6 aromatic rings. The van der Waals surface area contributed by atoms with Gasteiger partial charge in [0.1, 0.15) is 0 Å². The highest BCUT2D eigenvalue weighted by Crippen LogP contribution is 2.39. The van der Waals surface area contributed by atoms with Crippen LogP contribution in [0.3, 0.4) is 0 Å². The van der Waals surface area contributed by atoms with Gasteiger partial charge in [-0.25, -0.2) is 9.97 Å². The fourth-order valence-electron chi connectivity index (χ4n) is 4.97. The number of hydrogen-bond acceptors (Lipinski definition) is 3. The minimum Gasteiger partial charge on any atom is -0.258 e. The number of rotatable bonds is 5. The van der Waals surface area contributed by atoms with Crippen LogP contribution in [0.1, 0.15) is 11.4 Å². The van der Waals surface area contributed by atoms with Crippen LogP contribution in [0.25, 0.3) is 56.2 Å². The van der Waals surface area contributed by atoms with Crippen LogP contribution in [0.5, 0.6) is 0 Å². The molecule has 6 rings (SSSR count). The van der Waals surface area contributed by atoms with Crippen molar-refractivity contribution in [2.75, 3.05) is 0 Å². The summed E-state index contributed by atoms with van der Waals surface area (Å²) < 4.78 is 0. The number of hydrogen-bond donors (Lipinski definition) is 0. The third-order valence-electron chi connectivity index (χ3n) is 6.70. The number of pyridine rings is 1. The lowest BCUT2D eigenvalue weighted by Gasteiger charge is -2.16. The Labute approximate surface area is 233 Å². The first-order chi connectivity index (χ1) is 19.0. The van der Waals surface area contributed by atoms with Crippen LogP contribution in [0.4, 0.5) is 0 Å². The zero-order chi connectivity index (χ0) is 26.8. The van der Waals surface area contributed by atoms with Gasteiger partial charge in [0.15, 0.2) is 5.82 Å². The van der Waals surface area contributed by atoms with Crippen molar-refractivity contribution in [2.45, 2.75) is 13.8 Å². The number of halogens is 1. The van der Waals surface area contributed by atoms with Gasteiger partial charge >= 0.3 is 0 Å². The smallest absolute Gasteiger partial charge is 0.161 e. The zero-order valence-electron chi connectivity index (χ0n) is 21.8. The maximum absolute atomic E-state index is 6.53. The lowest BCUT2D eigenvalue weighted by Crippen LogP contribution is -1.98. The first-order valence-corrected chi connectivity index (χ1v) is 13.3. The summed E-state index contributed by atoms with van der Waals surface area (Å²) in [7, 11) is 0. The molecular formula is C35H26ClN3. The quantitative estimate of drug-likeness (QED) is 0.226. The van der Waals surface area contributed by atoms with Crippen LogP contribution in [0.15, 0.2) is 121 Å². The predicted octanol–water partition coefficient (Wildman–Crippen LogP) is 9.48. The van der Waals surface area contributed by atoms with Crippen molar-refractivity contribution < 1.29 is 0 Å². The van der Waals surface area contributed by atoms with Gasteiger partial charge in [-0.15, -0.1) is 0 Å². The molecule has 2 heterocycles. The molecule has 4 heteroatoms. The fourth-order valence-corrected chi connectivity index (χ4v) is 5.15. The highest BCUT2D eigenvalue weighted by molar-refractivity contribution is 6.31. The lowest BCUT2D eigenvalue weighted by atomic mass is 9.91. The molecule has 2 aromatic heterocycles. The molecule has 39 heavy (non-hydrogen) atoms. The molecule has 188 valence electrons. The Morgan fingerprint density at radius 2 is 0.949 bits per heavy atom. The van der Waals surface area contributed by atoms with Crippen molar-refractivity contribution in [1.29, 1.82) is 0 Å². The molecule has 0 atom stereocenters. The topological polar surface area (TPSA) is 38.7 Å². The van der Waals surface area contributed by atoms with E-state index in [1.165, 1.54) is 0 Å². The third-order valence-corrected chi connectivity index (χ3v) is 6.93. The maximum Gasteiger partial charge on any atom is 0.161 e. The molecule has 0 amide bonds. The van der Waals surface area contributed by atoms with Gasteiger partial charge in [0, 0.05) is 33.1 Å². The van der Waals surface area contributed by atoms with Crippen LogP contribution in [0.2, 0.25) is 5.02 Å². The Hall–Kier alpha value is -4.60. The van der Waals surface area contributed by atoms with Crippen molar-refractivity contribution >= 4 is 11.6 Å². The summed E-state index contributed by atoms with van der Waals surface area (Å²) in [5, 5.41) is 0.687. The van der Waals surface area contributed by atoms with Gasteiger partial charge in [-0.05, 0) is 66.4 Å². The van der Waals surface area contributed by atoms with Gasteiger partial charge in [-0.1, -0.05) is 103 Å². The highest BCUT2D eigenvalue weighted by Gasteiger charge is 2.17. The Balaban J connectivity index is 1.58. The van der Waals surface area contributed by atoms with Crippen LogP contribution in [0, 0.1) is 13.8 Å². The summed E-state index contributed by atoms with van der Waals surface area (Å²) >= 11 is 6.53. The van der Waals surface area contributed by atoms with E-state index in [0.29, 0.717) is 10.8 Å². The molecule has 0 aliphatic carbocycles. The summed E-state index contributed by atoms with van der Waals surface area (Å²) in [4.78, 5) is 14.7. The molecule has 4 aromatic carbocycles. The Bertz CT molecular complexity index is 1700. The minimum atomic E-state index is 0.675. The number of aryl methyl sites for hydroxylation is 2. The number of nitrogens with zero attached hydrogens (tertiary/aromatic N) is 3. The summed E-state index contributed by atoms with van der Waals surface area (Å²) in [6.45, 7) is 4.03. The maximum atomic E-state index is 6.53. The van der Waals surface area contributed by atoms with E-state index in [0.717, 1.165) is 61.7 Å². The van der Waals surface area contributed by atoms with Gasteiger partial charge in [-0.3, -0.25) is 4.98 Å². The first kappa shape index (κ1) is 24.7. The first-order valence-electron chi connectivity index (χ1n) is 12.9. The van der Waals surface area contributed by atoms with Crippen LogP contribution >= 0.6 is 11.6 Å². The van der Waals surface area contributed by atoms with E-state index in [-0.39, 0.29) is 0 Å². The summed E-state index contributed by atoms with van der Waals surface area (Å²) in [5.41, 5.74) is 11.0. The number of aromatic nitrogens is 3. The van der Waals surface area contributed by atoms with Crippen molar-refractivity contribution in [3.05, 3.63) is 138 Å². The summed E-state index contributed by atoms with van der Waals surface area (Å²) in [6, 6.07) is 41.1. The van der Waals surface area contributed by atoms with Gasteiger partial charge in [0.2, 0.25) is 0 Å². The van der Waals surface area contributed by atoms with Crippen molar-refractivity contribution in [2.24, 2.45) is 0 Å². The average molecular weight is 524 g/mol. The minimum absolute atomic E-state index is 0.675. The van der Waals surface area contributed by atoms with Crippen molar-refractivity contribution in [3.8, 4) is 56.2 Å². The molecule has 0 aliphatic heterocycles. The zero-order valence-corrected chi connectivity index (χ0v) is 22.5. The second-order valence-corrected chi connectivity index (χ2v) is 10.0. The van der Waals surface area contributed by atoms with E-state index in [9.17, 15) is 0 Å². The largest absolute Gasteiger partial charge is 0.258 e. The van der Waals surface area contributed by atoms with Crippen LogP contribution < -0.4 is 0 Å². The van der Waals surface area contributed by atoms with E-state index in [1.54, 1.807) is 0 Å². The van der Waals surface area contributed by atoms with Gasteiger partial charge < -0.3 is 0 Å². The molecular weight excluding hydrogens is 498 g/mol. The second kappa shape index (κ2) is 10.6. The normalized spacial score (nSPS) is 10.9. The highest BCUT2D eigenvalue weighted by atomic mass is 35.5. The van der Waals surface area contributed by atoms with E-state index in [2.05, 4.69) is 71.7 Å². The second-order valence-electron chi connectivity index (χ2n) is 9.57. The van der Waals surface area contributed by atoms with Crippen molar-refractivity contribution in [3.63, 3.8) is 0 Å². The number of benzene rings is 4. The Kier molecular flexibility index (Phi) is 6.75. The lowest BCUT2D eigenvalue weighted by molar-refractivity contribution is 1.12. The van der Waals surface area contributed by atoms with E-state index >= 15 is 0 Å². The van der Waals surface area contributed by atoms with Gasteiger partial charge in [-0.2, -0.15) is 0 Å². The molecule has 0 spiro atoms. The molecule has 0 radical (unpaired) electrons. The van der Waals surface area contributed by atoms with Gasteiger partial charge in [0.25, 0.3) is 0 Å². The predicted molar refractivity (Wildman–Crippen MR) is 161 cm³/mol. The van der Waals surface area contributed by atoms with Crippen LogP contribution in [-0.4, -0.2) is 15.0 Å². The van der Waals surface area contributed by atoms with Crippen LogP contribution in [-0.2, 0) is 0 Å². The molecule has 0 aliphatic rings. The molecule has 3 nitrogen and oxygen atoms in total. The van der Waals surface area contributed by atoms with E-state index < -0.39 is 0 Å². The standard InChI is InChI=1S/C35H26ClN3/c1-23-19-27(20-24(2)37-23)32-21-28(36)17-18-30(32)29-15-9-10-16-31(29)35-38-33(25-11-5-3-6-12-25)22-34(39-35)26-13-7-4-8-14-26/h3-22H,1-2H3. The third kappa shape index (κ3) is 5.22. The van der Waals surface area contributed by atoms with Gasteiger partial charge in [0.05, 0.1) is 11.4 Å². The van der Waals surface area contributed by atoms with Crippen molar-refractivity contribution in [1.82, 2.24) is 15.0 Å². The Morgan fingerprint density at radius 3 is 1.54 bits per heavy atom. The SMILES string of the molecule is Cc1cc(-c2cc(Cl)ccc2-c2ccccc2-c2nc(-c3ccccc3)cc(-c3ccccc3)n2)cc(C)n1. The summed E-state index contributed by atoms with van der Waals surface area (Å²) in [6.07, 6.45) is 0.